The molecule has 6 heteroatoms. The average Bonchev–Trinajstić information content (AvgIpc) is 2.08. The highest BCUT2D eigenvalue weighted by Crippen LogP contribution is 2.23. The number of halogens is 3. The van der Waals surface area contributed by atoms with Gasteiger partial charge >= 0.3 is 5.69 Å². The largest absolute Gasteiger partial charge is 0.308 e. The van der Waals surface area contributed by atoms with Crippen molar-refractivity contribution in [1.29, 1.82) is 0 Å². The van der Waals surface area contributed by atoms with E-state index in [2.05, 4.69) is 0 Å². The molecule has 1 aromatic carbocycles. The van der Waals surface area contributed by atoms with Crippen LogP contribution in [0.4, 0.5) is 14.5 Å². The highest BCUT2D eigenvalue weighted by atomic mass is 35.5. The molecule has 3 nitrogen and oxygen atoms in total. The molecular weight excluding hydrogens is 204 g/mol. The van der Waals surface area contributed by atoms with Crippen LogP contribution >= 0.6 is 11.6 Å². The molecule has 0 atom stereocenters. The number of nitro benzene ring substituents is 1. The minimum Gasteiger partial charge on any atom is -0.258 e. The fourth-order valence-electron chi connectivity index (χ4n) is 0.860. The summed E-state index contributed by atoms with van der Waals surface area (Å²) in [5.41, 5.74) is -1.11. The first-order chi connectivity index (χ1) is 6.06. The Labute approximate surface area is 77.1 Å². The third-order valence-corrected chi connectivity index (χ3v) is 1.72. The molecule has 0 fully saturated rings. The normalized spacial score (nSPS) is 10.1. The van der Waals surface area contributed by atoms with E-state index in [-0.39, 0.29) is 11.4 Å². The van der Waals surface area contributed by atoms with E-state index in [1.54, 1.807) is 0 Å². The molecule has 0 radical (unpaired) electrons. The number of rotatable bonds is 2. The van der Waals surface area contributed by atoms with Gasteiger partial charge < -0.3 is 0 Å². The van der Waals surface area contributed by atoms with Gasteiger partial charge in [-0.1, -0.05) is 0 Å². The zero-order valence-electron chi connectivity index (χ0n) is 6.26. The van der Waals surface area contributed by atoms with Crippen molar-refractivity contribution >= 4 is 17.3 Å². The Morgan fingerprint density at radius 2 is 2.08 bits per heavy atom. The molecule has 0 aromatic heterocycles. The first-order valence-electron chi connectivity index (χ1n) is 3.24. The van der Waals surface area contributed by atoms with E-state index in [0.717, 1.165) is 6.07 Å². The summed E-state index contributed by atoms with van der Waals surface area (Å²) < 4.78 is 25.6. The Kier molecular flexibility index (Phi) is 2.77. The molecule has 0 saturated carbocycles. The Balaban J connectivity index is 3.35. The van der Waals surface area contributed by atoms with Crippen LogP contribution in [-0.2, 0) is 5.88 Å². The molecule has 0 spiro atoms. The lowest BCUT2D eigenvalue weighted by Gasteiger charge is -1.99. The molecule has 0 aliphatic heterocycles. The van der Waals surface area contributed by atoms with Crippen LogP contribution < -0.4 is 0 Å². The van der Waals surface area contributed by atoms with Crippen LogP contribution in [0.25, 0.3) is 0 Å². The number of hydrogen-bond acceptors (Lipinski definition) is 2. The molecule has 0 saturated heterocycles. The lowest BCUT2D eigenvalue weighted by atomic mass is 10.2. The summed E-state index contributed by atoms with van der Waals surface area (Å²) in [6.07, 6.45) is 0. The predicted molar refractivity (Wildman–Crippen MR) is 42.6 cm³/mol. The van der Waals surface area contributed by atoms with E-state index in [4.69, 9.17) is 11.6 Å². The summed E-state index contributed by atoms with van der Waals surface area (Å²) in [4.78, 5) is 9.21. The van der Waals surface area contributed by atoms with Gasteiger partial charge in [0, 0.05) is 5.56 Å². The van der Waals surface area contributed by atoms with Crippen molar-refractivity contribution in [2.45, 2.75) is 5.88 Å². The van der Waals surface area contributed by atoms with Crippen LogP contribution in [-0.4, -0.2) is 4.92 Å². The first kappa shape index (κ1) is 9.85. The Morgan fingerprint density at radius 3 is 2.54 bits per heavy atom. The van der Waals surface area contributed by atoms with Gasteiger partial charge in [0.25, 0.3) is 0 Å². The summed E-state index contributed by atoms with van der Waals surface area (Å²) in [6.45, 7) is 0. The zero-order valence-corrected chi connectivity index (χ0v) is 7.02. The van der Waals surface area contributed by atoms with Crippen molar-refractivity contribution in [3.63, 3.8) is 0 Å². The van der Waals surface area contributed by atoms with Gasteiger partial charge in [-0.3, -0.25) is 10.1 Å². The fraction of sp³-hybridized carbons (Fsp3) is 0.143. The van der Waals surface area contributed by atoms with Crippen molar-refractivity contribution in [2.75, 3.05) is 0 Å². The summed E-state index contributed by atoms with van der Waals surface area (Å²) in [5, 5.41) is 10.2. The summed E-state index contributed by atoms with van der Waals surface area (Å²) >= 11 is 5.25. The molecule has 1 aromatic rings. The van der Waals surface area contributed by atoms with E-state index >= 15 is 0 Å². The Bertz CT molecular complexity index is 357. The fourth-order valence-corrected chi connectivity index (χ4v) is 1.05. The molecule has 0 aliphatic carbocycles. The van der Waals surface area contributed by atoms with Gasteiger partial charge in [-0.15, -0.1) is 11.6 Å². The minimum atomic E-state index is -1.08. The summed E-state index contributed by atoms with van der Waals surface area (Å²) in [6, 6.07) is 1.35. The van der Waals surface area contributed by atoms with Gasteiger partial charge in [-0.2, -0.15) is 4.39 Å². The van der Waals surface area contributed by atoms with Crippen molar-refractivity contribution in [3.8, 4) is 0 Å². The van der Waals surface area contributed by atoms with Gasteiger partial charge in [0.2, 0.25) is 5.82 Å². The van der Waals surface area contributed by atoms with E-state index < -0.39 is 22.2 Å². The maximum atomic E-state index is 13.0. The molecule has 0 amide bonds. The molecule has 13 heavy (non-hydrogen) atoms. The summed E-state index contributed by atoms with van der Waals surface area (Å²) in [7, 11) is 0. The van der Waals surface area contributed by atoms with Gasteiger partial charge in [-0.25, -0.2) is 4.39 Å². The topological polar surface area (TPSA) is 43.1 Å². The Hall–Kier alpha value is -1.23. The van der Waals surface area contributed by atoms with Gasteiger partial charge in [-0.05, 0) is 6.07 Å². The van der Waals surface area contributed by atoms with Crippen molar-refractivity contribution in [3.05, 3.63) is 39.4 Å². The second-order valence-electron chi connectivity index (χ2n) is 2.29. The van der Waals surface area contributed by atoms with Crippen LogP contribution in [0.5, 0.6) is 0 Å². The number of hydrogen-bond donors (Lipinski definition) is 0. The van der Waals surface area contributed by atoms with Crippen LogP contribution in [0, 0.1) is 21.7 Å². The quantitative estimate of drug-likeness (QED) is 0.425. The van der Waals surface area contributed by atoms with E-state index in [0.29, 0.717) is 6.07 Å². The maximum absolute atomic E-state index is 13.0. The van der Waals surface area contributed by atoms with E-state index in [1.807, 2.05) is 0 Å². The highest BCUT2D eigenvalue weighted by Gasteiger charge is 2.19. The molecule has 0 unspecified atom stereocenters. The average molecular weight is 208 g/mol. The van der Waals surface area contributed by atoms with Crippen molar-refractivity contribution in [2.24, 2.45) is 0 Å². The SMILES string of the molecule is O=[N+]([O-])c1cc(F)cc(CCl)c1F. The van der Waals surface area contributed by atoms with E-state index in [9.17, 15) is 18.9 Å². The van der Waals surface area contributed by atoms with Crippen LogP contribution in [0.2, 0.25) is 0 Å². The molecular formula is C7H4ClF2NO2. The van der Waals surface area contributed by atoms with Crippen LogP contribution in [0.15, 0.2) is 12.1 Å². The third-order valence-electron chi connectivity index (χ3n) is 1.43. The molecule has 0 bridgehead atoms. The second-order valence-corrected chi connectivity index (χ2v) is 2.56. The molecule has 1 rings (SSSR count). The predicted octanol–water partition coefficient (Wildman–Crippen LogP) is 2.61. The first-order valence-corrected chi connectivity index (χ1v) is 3.78. The summed E-state index contributed by atoms with van der Waals surface area (Å²) in [5.74, 6) is -2.25. The monoisotopic (exact) mass is 207 g/mol. The minimum absolute atomic E-state index is 0.214. The second kappa shape index (κ2) is 3.66. The van der Waals surface area contributed by atoms with Crippen LogP contribution in [0.1, 0.15) is 5.56 Å². The highest BCUT2D eigenvalue weighted by molar-refractivity contribution is 6.17. The third kappa shape index (κ3) is 1.92. The lowest BCUT2D eigenvalue weighted by Crippen LogP contribution is -1.97. The smallest absolute Gasteiger partial charge is 0.258 e. The standard InChI is InChI=1S/C7H4ClF2NO2/c8-3-4-1-5(9)2-6(7(4)10)11(12)13/h1-2H,3H2. The van der Waals surface area contributed by atoms with E-state index in [1.165, 1.54) is 0 Å². The van der Waals surface area contributed by atoms with Crippen molar-refractivity contribution in [1.82, 2.24) is 0 Å². The number of nitro groups is 1. The number of alkyl halides is 1. The van der Waals surface area contributed by atoms with Gasteiger partial charge in [0.1, 0.15) is 5.82 Å². The molecule has 0 heterocycles. The van der Waals surface area contributed by atoms with Crippen molar-refractivity contribution < 1.29 is 13.7 Å². The van der Waals surface area contributed by atoms with Gasteiger partial charge in [0.05, 0.1) is 16.9 Å². The molecule has 0 N–H and O–H groups in total. The Morgan fingerprint density at radius 1 is 1.46 bits per heavy atom. The molecule has 70 valence electrons. The maximum Gasteiger partial charge on any atom is 0.308 e. The molecule has 0 aliphatic rings. The van der Waals surface area contributed by atoms with Gasteiger partial charge in [0.15, 0.2) is 0 Å². The zero-order chi connectivity index (χ0) is 10.0. The number of nitrogens with zero attached hydrogens (tertiary/aromatic N) is 1. The number of benzene rings is 1. The lowest BCUT2D eigenvalue weighted by molar-refractivity contribution is -0.387. The van der Waals surface area contributed by atoms with Crippen LogP contribution in [0.3, 0.4) is 0 Å².